The Morgan fingerprint density at radius 3 is 1.96 bits per heavy atom. The summed E-state index contributed by atoms with van der Waals surface area (Å²) in [5.74, 6) is -0.0392. The van der Waals surface area contributed by atoms with Crippen LogP contribution in [0.15, 0.2) is 78.9 Å². The van der Waals surface area contributed by atoms with Crippen LogP contribution in [0.4, 0.5) is 5.69 Å². The lowest BCUT2D eigenvalue weighted by Crippen LogP contribution is -2.34. The van der Waals surface area contributed by atoms with Gasteiger partial charge in [-0.2, -0.15) is 0 Å². The molecule has 0 atom stereocenters. The van der Waals surface area contributed by atoms with Crippen LogP contribution < -0.4 is 10.6 Å². The highest BCUT2D eigenvalue weighted by molar-refractivity contribution is 5.81. The van der Waals surface area contributed by atoms with E-state index in [0.717, 1.165) is 22.4 Å². The number of carbonyl (C=O) groups excluding carboxylic acids is 1. The molecule has 26 heavy (non-hydrogen) atoms. The molecule has 0 aliphatic rings. The average molecular weight is 344 g/mol. The molecule has 0 aromatic heterocycles. The summed E-state index contributed by atoms with van der Waals surface area (Å²) in [5.41, 5.74) is 5.48. The van der Waals surface area contributed by atoms with Crippen LogP contribution in [-0.2, 0) is 4.79 Å². The van der Waals surface area contributed by atoms with Crippen molar-refractivity contribution >= 4 is 11.6 Å². The minimum Gasteiger partial charge on any atom is -0.376 e. The molecule has 3 nitrogen and oxygen atoms in total. The zero-order valence-electron chi connectivity index (χ0n) is 15.2. The Labute approximate surface area is 155 Å². The van der Waals surface area contributed by atoms with Crippen molar-refractivity contribution in [1.82, 2.24) is 5.32 Å². The first kappa shape index (κ1) is 17.7. The van der Waals surface area contributed by atoms with Crippen molar-refractivity contribution in [1.29, 1.82) is 0 Å². The van der Waals surface area contributed by atoms with E-state index in [0.29, 0.717) is 0 Å². The maximum absolute atomic E-state index is 12.6. The van der Waals surface area contributed by atoms with Gasteiger partial charge in [-0.1, -0.05) is 78.4 Å². The molecule has 132 valence electrons. The monoisotopic (exact) mass is 344 g/mol. The smallest absolute Gasteiger partial charge is 0.240 e. The van der Waals surface area contributed by atoms with E-state index in [4.69, 9.17) is 0 Å². The van der Waals surface area contributed by atoms with E-state index in [-0.39, 0.29) is 18.5 Å². The number of amides is 1. The normalized spacial score (nSPS) is 10.6. The lowest BCUT2D eigenvalue weighted by Gasteiger charge is -2.20. The predicted molar refractivity (Wildman–Crippen MR) is 107 cm³/mol. The summed E-state index contributed by atoms with van der Waals surface area (Å²) in [6.07, 6.45) is 0. The quantitative estimate of drug-likeness (QED) is 0.685. The van der Waals surface area contributed by atoms with Gasteiger partial charge in [-0.05, 0) is 36.6 Å². The first-order chi connectivity index (χ1) is 12.6. The molecule has 3 heteroatoms. The number of hydrogen-bond donors (Lipinski definition) is 2. The number of nitrogens with one attached hydrogen (secondary N) is 2. The predicted octanol–water partition coefficient (Wildman–Crippen LogP) is 4.62. The SMILES string of the molecule is Cc1ccc(NCC(=O)NC(c2ccccc2)c2ccccc2)c(C)c1. The molecule has 0 bridgehead atoms. The van der Waals surface area contributed by atoms with Crippen LogP contribution in [0, 0.1) is 13.8 Å². The Hall–Kier alpha value is -3.07. The Morgan fingerprint density at radius 1 is 0.846 bits per heavy atom. The van der Waals surface area contributed by atoms with Crippen LogP contribution in [0.25, 0.3) is 0 Å². The molecule has 0 fully saturated rings. The molecule has 0 saturated heterocycles. The van der Waals surface area contributed by atoms with E-state index in [1.807, 2.05) is 79.7 Å². The van der Waals surface area contributed by atoms with Crippen LogP contribution >= 0.6 is 0 Å². The van der Waals surface area contributed by atoms with E-state index in [1.54, 1.807) is 0 Å². The highest BCUT2D eigenvalue weighted by Gasteiger charge is 2.16. The van der Waals surface area contributed by atoms with E-state index in [9.17, 15) is 4.79 Å². The number of aryl methyl sites for hydroxylation is 2. The van der Waals surface area contributed by atoms with Gasteiger partial charge in [0.1, 0.15) is 0 Å². The van der Waals surface area contributed by atoms with Gasteiger partial charge in [-0.3, -0.25) is 4.79 Å². The molecule has 0 spiro atoms. The summed E-state index contributed by atoms with van der Waals surface area (Å²) < 4.78 is 0. The molecule has 0 radical (unpaired) electrons. The number of carbonyl (C=O) groups is 1. The van der Waals surface area contributed by atoms with E-state index >= 15 is 0 Å². The zero-order valence-corrected chi connectivity index (χ0v) is 15.2. The third-order valence-electron chi connectivity index (χ3n) is 4.39. The number of benzene rings is 3. The van der Waals surface area contributed by atoms with Crippen molar-refractivity contribution in [2.45, 2.75) is 19.9 Å². The van der Waals surface area contributed by atoms with Crippen LogP contribution in [-0.4, -0.2) is 12.5 Å². The summed E-state index contributed by atoms with van der Waals surface area (Å²) in [5, 5.41) is 6.39. The van der Waals surface area contributed by atoms with Crippen LogP contribution in [0.5, 0.6) is 0 Å². The average Bonchev–Trinajstić information content (AvgIpc) is 2.67. The van der Waals surface area contributed by atoms with Crippen LogP contribution in [0.2, 0.25) is 0 Å². The number of anilines is 1. The summed E-state index contributed by atoms with van der Waals surface area (Å²) in [6, 6.07) is 26.1. The Morgan fingerprint density at radius 2 is 1.42 bits per heavy atom. The van der Waals surface area contributed by atoms with Gasteiger partial charge in [0.25, 0.3) is 0 Å². The van der Waals surface area contributed by atoms with Crippen molar-refractivity contribution in [3.05, 3.63) is 101 Å². The molecule has 0 heterocycles. The van der Waals surface area contributed by atoms with Gasteiger partial charge in [-0.15, -0.1) is 0 Å². The first-order valence-corrected chi connectivity index (χ1v) is 8.84. The number of hydrogen-bond acceptors (Lipinski definition) is 2. The molecule has 0 unspecified atom stereocenters. The topological polar surface area (TPSA) is 41.1 Å². The second-order valence-corrected chi connectivity index (χ2v) is 6.49. The Balaban J connectivity index is 1.71. The maximum Gasteiger partial charge on any atom is 0.240 e. The summed E-state index contributed by atoms with van der Waals surface area (Å²) >= 11 is 0. The molecule has 0 saturated carbocycles. The van der Waals surface area contributed by atoms with Gasteiger partial charge in [-0.25, -0.2) is 0 Å². The third-order valence-corrected chi connectivity index (χ3v) is 4.39. The van der Waals surface area contributed by atoms with Crippen LogP contribution in [0.3, 0.4) is 0 Å². The van der Waals surface area contributed by atoms with Crippen molar-refractivity contribution in [3.63, 3.8) is 0 Å². The molecule has 1 amide bonds. The largest absolute Gasteiger partial charge is 0.376 e. The van der Waals surface area contributed by atoms with E-state index < -0.39 is 0 Å². The van der Waals surface area contributed by atoms with Crippen LogP contribution in [0.1, 0.15) is 28.3 Å². The fourth-order valence-corrected chi connectivity index (χ4v) is 3.05. The minimum atomic E-state index is -0.161. The molecular weight excluding hydrogens is 320 g/mol. The van der Waals surface area contributed by atoms with Gasteiger partial charge in [0.05, 0.1) is 12.6 Å². The summed E-state index contributed by atoms with van der Waals surface area (Å²) in [4.78, 5) is 12.6. The molecule has 0 aliphatic heterocycles. The van der Waals surface area contributed by atoms with Gasteiger partial charge >= 0.3 is 0 Å². The third kappa shape index (κ3) is 4.51. The molecular formula is C23H24N2O. The molecule has 0 aliphatic carbocycles. The van der Waals surface area contributed by atoms with Gasteiger partial charge in [0.2, 0.25) is 5.91 Å². The molecule has 3 aromatic carbocycles. The fourth-order valence-electron chi connectivity index (χ4n) is 3.05. The van der Waals surface area contributed by atoms with Gasteiger partial charge in [0.15, 0.2) is 0 Å². The first-order valence-electron chi connectivity index (χ1n) is 8.84. The van der Waals surface area contributed by atoms with Crippen molar-refractivity contribution in [3.8, 4) is 0 Å². The highest BCUT2D eigenvalue weighted by Crippen LogP contribution is 2.22. The minimum absolute atomic E-state index is 0.0392. The lowest BCUT2D eigenvalue weighted by atomic mass is 9.99. The summed E-state index contributed by atoms with van der Waals surface area (Å²) in [6.45, 7) is 4.35. The highest BCUT2D eigenvalue weighted by atomic mass is 16.1. The second-order valence-electron chi connectivity index (χ2n) is 6.49. The van der Waals surface area contributed by atoms with Gasteiger partial charge in [0, 0.05) is 5.69 Å². The molecule has 3 aromatic rings. The van der Waals surface area contributed by atoms with E-state index in [1.165, 1.54) is 5.56 Å². The van der Waals surface area contributed by atoms with Crippen molar-refractivity contribution < 1.29 is 4.79 Å². The van der Waals surface area contributed by atoms with Gasteiger partial charge < -0.3 is 10.6 Å². The Bertz CT molecular complexity index is 820. The fraction of sp³-hybridized carbons (Fsp3) is 0.174. The van der Waals surface area contributed by atoms with E-state index in [2.05, 4.69) is 23.6 Å². The zero-order chi connectivity index (χ0) is 18.4. The van der Waals surface area contributed by atoms with Crippen molar-refractivity contribution in [2.75, 3.05) is 11.9 Å². The number of rotatable bonds is 6. The molecule has 2 N–H and O–H groups in total. The summed E-state index contributed by atoms with van der Waals surface area (Å²) in [7, 11) is 0. The Kier molecular flexibility index (Phi) is 5.69. The molecule has 3 rings (SSSR count). The second kappa shape index (κ2) is 8.34. The lowest BCUT2D eigenvalue weighted by molar-refractivity contribution is -0.119. The standard InChI is InChI=1S/C23H24N2O/c1-17-13-14-21(18(2)15-17)24-16-22(26)25-23(19-9-5-3-6-10-19)20-11-7-4-8-12-20/h3-15,23-24H,16H2,1-2H3,(H,25,26). The maximum atomic E-state index is 12.6. The van der Waals surface area contributed by atoms with Crippen molar-refractivity contribution in [2.24, 2.45) is 0 Å².